The van der Waals surface area contributed by atoms with Gasteiger partial charge >= 0.3 is 0 Å². The Bertz CT molecular complexity index is 1190. The number of rotatable bonds is 8. The molecule has 0 unspecified atom stereocenters. The minimum Gasteiger partial charge on any atom is -0.459 e. The van der Waals surface area contributed by atoms with Crippen LogP contribution in [0.2, 0.25) is 0 Å². The third-order valence-electron chi connectivity index (χ3n) is 5.81. The summed E-state index contributed by atoms with van der Waals surface area (Å²) >= 11 is 0. The molecule has 4 rings (SSSR count). The molecule has 0 aliphatic carbocycles. The van der Waals surface area contributed by atoms with Crippen molar-refractivity contribution in [1.29, 1.82) is 0 Å². The highest BCUT2D eigenvalue weighted by atomic mass is 32.2. The second-order valence-electron chi connectivity index (χ2n) is 8.23. The molecule has 34 heavy (non-hydrogen) atoms. The van der Waals surface area contributed by atoms with Crippen LogP contribution in [0, 0.1) is 0 Å². The van der Waals surface area contributed by atoms with Gasteiger partial charge in [-0.15, -0.1) is 0 Å². The smallest absolute Gasteiger partial charge is 0.287 e. The number of furan rings is 1. The summed E-state index contributed by atoms with van der Waals surface area (Å²) in [5.74, 6) is -0.516. The van der Waals surface area contributed by atoms with Crippen LogP contribution in [0.25, 0.3) is 0 Å². The highest BCUT2D eigenvalue weighted by Crippen LogP contribution is 2.17. The molecule has 1 aliphatic heterocycles. The lowest BCUT2D eigenvalue weighted by atomic mass is 10.0. The summed E-state index contributed by atoms with van der Waals surface area (Å²) in [7, 11) is -3.62. The summed E-state index contributed by atoms with van der Waals surface area (Å²) < 4.78 is 33.1. The summed E-state index contributed by atoms with van der Waals surface area (Å²) in [6.45, 7) is 0.783. The fourth-order valence-electron chi connectivity index (χ4n) is 4.01. The zero-order chi connectivity index (χ0) is 24.0. The number of likely N-dealkylation sites (tertiary alicyclic amines) is 1. The van der Waals surface area contributed by atoms with Crippen molar-refractivity contribution in [1.82, 2.24) is 14.9 Å². The second-order valence-corrected chi connectivity index (χ2v) is 9.94. The van der Waals surface area contributed by atoms with Crippen LogP contribution in [0.5, 0.6) is 0 Å². The van der Waals surface area contributed by atoms with Crippen LogP contribution in [0.4, 0.5) is 0 Å². The van der Waals surface area contributed by atoms with E-state index >= 15 is 0 Å². The van der Waals surface area contributed by atoms with Gasteiger partial charge in [-0.3, -0.25) is 9.59 Å². The third-order valence-corrected chi connectivity index (χ3v) is 7.35. The van der Waals surface area contributed by atoms with E-state index in [1.54, 1.807) is 47.4 Å². The third kappa shape index (κ3) is 5.92. The van der Waals surface area contributed by atoms with Crippen molar-refractivity contribution in [2.24, 2.45) is 0 Å². The quantitative estimate of drug-likeness (QED) is 0.514. The first-order valence-electron chi connectivity index (χ1n) is 11.2. The number of hydrogen-bond donors (Lipinski definition) is 2. The highest BCUT2D eigenvalue weighted by molar-refractivity contribution is 7.89. The molecular weight excluding hydrogens is 454 g/mol. The average molecular weight is 482 g/mol. The van der Waals surface area contributed by atoms with E-state index in [0.29, 0.717) is 32.4 Å². The summed E-state index contributed by atoms with van der Waals surface area (Å²) in [6.07, 6.45) is 2.72. The molecule has 1 aromatic heterocycles. The van der Waals surface area contributed by atoms with Gasteiger partial charge in [0.1, 0.15) is 6.04 Å². The Morgan fingerprint density at radius 1 is 0.941 bits per heavy atom. The molecule has 0 spiro atoms. The Morgan fingerprint density at radius 3 is 2.21 bits per heavy atom. The number of benzene rings is 2. The molecule has 0 radical (unpaired) electrons. The maximum atomic E-state index is 13.4. The molecule has 1 atom stereocenters. The van der Waals surface area contributed by atoms with E-state index in [1.807, 2.05) is 30.3 Å². The molecule has 9 heteroatoms. The number of nitrogens with one attached hydrogen (secondary N) is 2. The Labute approximate surface area is 199 Å². The zero-order valence-corrected chi connectivity index (χ0v) is 19.4. The van der Waals surface area contributed by atoms with E-state index in [0.717, 1.165) is 5.56 Å². The topological polar surface area (TPSA) is 109 Å². The van der Waals surface area contributed by atoms with Crippen molar-refractivity contribution >= 4 is 21.8 Å². The summed E-state index contributed by atoms with van der Waals surface area (Å²) in [6, 6.07) is 19.8. The Kier molecular flexibility index (Phi) is 7.44. The molecule has 2 heterocycles. The first kappa shape index (κ1) is 23.7. The van der Waals surface area contributed by atoms with Crippen molar-refractivity contribution in [3.63, 3.8) is 0 Å². The van der Waals surface area contributed by atoms with Gasteiger partial charge in [-0.05, 0) is 42.7 Å². The first-order valence-corrected chi connectivity index (χ1v) is 12.6. The van der Waals surface area contributed by atoms with Crippen LogP contribution in [0.15, 0.2) is 88.4 Å². The van der Waals surface area contributed by atoms with E-state index in [4.69, 9.17) is 4.42 Å². The zero-order valence-electron chi connectivity index (χ0n) is 18.6. The molecule has 0 bridgehead atoms. The number of amides is 2. The van der Waals surface area contributed by atoms with Crippen LogP contribution < -0.4 is 10.0 Å². The standard InChI is InChI=1S/C25H27N3O5S/c29-24(23-12-7-17-33-23)26-22(18-19-8-3-1-4-9-19)25(30)28-15-13-20(14-16-28)27-34(31,32)21-10-5-2-6-11-21/h1-12,17,20,22,27H,13-16,18H2,(H,26,29)/t22-/m0/s1. The largest absolute Gasteiger partial charge is 0.459 e. The number of nitrogens with zero attached hydrogens (tertiary/aromatic N) is 1. The molecule has 178 valence electrons. The molecule has 3 aromatic rings. The predicted octanol–water partition coefficient (Wildman–Crippen LogP) is 2.59. The molecule has 2 amide bonds. The lowest BCUT2D eigenvalue weighted by Crippen LogP contribution is -2.53. The monoisotopic (exact) mass is 481 g/mol. The van der Waals surface area contributed by atoms with Crippen LogP contribution >= 0.6 is 0 Å². The molecule has 0 saturated carbocycles. The molecule has 2 aromatic carbocycles. The van der Waals surface area contributed by atoms with Crippen molar-refractivity contribution in [2.75, 3.05) is 13.1 Å². The van der Waals surface area contributed by atoms with Crippen molar-refractivity contribution in [3.05, 3.63) is 90.4 Å². The van der Waals surface area contributed by atoms with Gasteiger partial charge in [0, 0.05) is 25.6 Å². The number of hydrogen-bond acceptors (Lipinski definition) is 5. The van der Waals surface area contributed by atoms with Crippen molar-refractivity contribution in [2.45, 2.75) is 36.2 Å². The highest BCUT2D eigenvalue weighted by Gasteiger charge is 2.31. The first-order chi connectivity index (χ1) is 16.4. The van der Waals surface area contributed by atoms with Gasteiger partial charge in [-0.2, -0.15) is 0 Å². The van der Waals surface area contributed by atoms with Gasteiger partial charge in [0.2, 0.25) is 15.9 Å². The number of carbonyl (C=O) groups excluding carboxylic acids is 2. The lowest BCUT2D eigenvalue weighted by molar-refractivity contribution is -0.134. The SMILES string of the molecule is O=C(N[C@@H](Cc1ccccc1)C(=O)N1CCC(NS(=O)(=O)c2ccccc2)CC1)c1ccco1. The number of piperidine rings is 1. The Morgan fingerprint density at radius 2 is 1.59 bits per heavy atom. The molecule has 8 nitrogen and oxygen atoms in total. The average Bonchev–Trinajstić information content (AvgIpc) is 3.40. The molecular formula is C25H27N3O5S. The van der Waals surface area contributed by atoms with Gasteiger partial charge in [0.05, 0.1) is 11.2 Å². The van der Waals surface area contributed by atoms with E-state index in [1.165, 1.54) is 6.26 Å². The van der Waals surface area contributed by atoms with Gasteiger partial charge in [0.15, 0.2) is 5.76 Å². The molecule has 2 N–H and O–H groups in total. The number of carbonyl (C=O) groups is 2. The molecule has 1 fully saturated rings. The predicted molar refractivity (Wildman–Crippen MR) is 126 cm³/mol. The maximum Gasteiger partial charge on any atom is 0.287 e. The van der Waals surface area contributed by atoms with Gasteiger partial charge in [-0.25, -0.2) is 13.1 Å². The normalized spacial score (nSPS) is 15.6. The van der Waals surface area contributed by atoms with Crippen LogP contribution in [0.1, 0.15) is 29.0 Å². The Balaban J connectivity index is 1.40. The summed E-state index contributed by atoms with van der Waals surface area (Å²) in [4.78, 5) is 27.9. The van der Waals surface area contributed by atoms with Crippen LogP contribution in [0.3, 0.4) is 0 Å². The lowest BCUT2D eigenvalue weighted by Gasteiger charge is -2.34. The second kappa shape index (κ2) is 10.7. The van der Waals surface area contributed by atoms with E-state index in [2.05, 4.69) is 10.0 Å². The van der Waals surface area contributed by atoms with E-state index < -0.39 is 22.0 Å². The van der Waals surface area contributed by atoms with Crippen LogP contribution in [-0.4, -0.2) is 50.3 Å². The fraction of sp³-hybridized carbons (Fsp3) is 0.280. The van der Waals surface area contributed by atoms with E-state index in [9.17, 15) is 18.0 Å². The molecule has 1 aliphatic rings. The summed E-state index contributed by atoms with van der Waals surface area (Å²) in [5.41, 5.74) is 0.922. The Hall–Kier alpha value is -3.43. The van der Waals surface area contributed by atoms with Crippen molar-refractivity contribution in [3.8, 4) is 0 Å². The van der Waals surface area contributed by atoms with E-state index in [-0.39, 0.29) is 22.6 Å². The minimum atomic E-state index is -3.62. The minimum absolute atomic E-state index is 0.139. The fourth-order valence-corrected chi connectivity index (χ4v) is 5.34. The summed E-state index contributed by atoms with van der Waals surface area (Å²) in [5, 5.41) is 2.80. The van der Waals surface area contributed by atoms with Crippen LogP contribution in [-0.2, 0) is 21.2 Å². The van der Waals surface area contributed by atoms with Gasteiger partial charge < -0.3 is 14.6 Å². The van der Waals surface area contributed by atoms with Gasteiger partial charge in [-0.1, -0.05) is 48.5 Å². The number of sulfonamides is 1. The molecule has 1 saturated heterocycles. The maximum absolute atomic E-state index is 13.4. The van der Waals surface area contributed by atoms with Gasteiger partial charge in [0.25, 0.3) is 5.91 Å². The van der Waals surface area contributed by atoms with Crippen molar-refractivity contribution < 1.29 is 22.4 Å².